The zero-order valence-corrected chi connectivity index (χ0v) is 18.4. The second-order valence-electron chi connectivity index (χ2n) is 8.36. The van der Waals surface area contributed by atoms with Crippen molar-refractivity contribution in [3.05, 3.63) is 71.8 Å². The van der Waals surface area contributed by atoms with Crippen molar-refractivity contribution in [2.24, 2.45) is 5.73 Å². The number of nitrogens with two attached hydrogens (primary N) is 1. The molecule has 32 heavy (non-hydrogen) atoms. The first-order chi connectivity index (χ1) is 15.4. The van der Waals surface area contributed by atoms with Crippen LogP contribution in [0.5, 0.6) is 11.5 Å². The van der Waals surface area contributed by atoms with Crippen molar-refractivity contribution in [2.75, 3.05) is 6.61 Å². The van der Waals surface area contributed by atoms with E-state index < -0.39 is 17.4 Å². The highest BCUT2D eigenvalue weighted by Crippen LogP contribution is 2.32. The fourth-order valence-electron chi connectivity index (χ4n) is 3.89. The number of rotatable bonds is 7. The molecule has 3 aromatic rings. The Hall–Kier alpha value is -3.54. The van der Waals surface area contributed by atoms with Crippen molar-refractivity contribution in [1.82, 2.24) is 5.32 Å². The van der Waals surface area contributed by atoms with Crippen LogP contribution in [0, 0.1) is 0 Å². The van der Waals surface area contributed by atoms with Gasteiger partial charge in [-0.3, -0.25) is 9.59 Å². The van der Waals surface area contributed by atoms with Gasteiger partial charge in [-0.2, -0.15) is 0 Å². The Morgan fingerprint density at radius 2 is 1.88 bits per heavy atom. The molecule has 0 saturated carbocycles. The van der Waals surface area contributed by atoms with Gasteiger partial charge in [0.2, 0.25) is 5.91 Å². The standard InChI is InChI=1S/C26H28N2O4/c1-3-26(2,25(27)30)28-24(29)21-15-13-17-8-4-6-10-20(17)23(21)31-16-19-14-12-18-9-5-7-11-22(18)32-19/h4-11,13,15,19H,3,12,14,16H2,1-2H3,(H2,27,30)(H,28,29). The monoisotopic (exact) mass is 432 g/mol. The molecular formula is C26H28N2O4. The lowest BCUT2D eigenvalue weighted by Crippen LogP contribution is -2.54. The smallest absolute Gasteiger partial charge is 0.255 e. The first kappa shape index (κ1) is 21.7. The number of primary amides is 1. The largest absolute Gasteiger partial charge is 0.488 e. The molecule has 0 fully saturated rings. The van der Waals surface area contributed by atoms with E-state index in [0.717, 1.165) is 29.4 Å². The molecule has 6 heteroatoms. The molecule has 0 bridgehead atoms. The van der Waals surface area contributed by atoms with Gasteiger partial charge in [0.15, 0.2) is 0 Å². The minimum absolute atomic E-state index is 0.119. The zero-order valence-electron chi connectivity index (χ0n) is 18.4. The van der Waals surface area contributed by atoms with Gasteiger partial charge in [0.25, 0.3) is 5.91 Å². The van der Waals surface area contributed by atoms with E-state index in [-0.39, 0.29) is 6.10 Å². The summed E-state index contributed by atoms with van der Waals surface area (Å²) in [5.74, 6) is 0.379. The molecule has 3 N–H and O–H groups in total. The lowest BCUT2D eigenvalue weighted by atomic mass is 9.96. The highest BCUT2D eigenvalue weighted by molar-refractivity contribution is 6.05. The minimum atomic E-state index is -1.14. The van der Waals surface area contributed by atoms with Crippen LogP contribution < -0.4 is 20.5 Å². The maximum Gasteiger partial charge on any atom is 0.255 e. The normalized spacial score (nSPS) is 17.0. The zero-order chi connectivity index (χ0) is 22.7. The molecule has 4 rings (SSSR count). The number of carbonyl (C=O) groups is 2. The number of aryl methyl sites for hydroxylation is 1. The van der Waals surface area contributed by atoms with Gasteiger partial charge in [-0.25, -0.2) is 0 Å². The van der Waals surface area contributed by atoms with Gasteiger partial charge in [0.05, 0.1) is 5.56 Å². The first-order valence-corrected chi connectivity index (χ1v) is 10.9. The molecule has 166 valence electrons. The Balaban J connectivity index is 1.61. The molecule has 6 nitrogen and oxygen atoms in total. The third-order valence-electron chi connectivity index (χ3n) is 6.18. The predicted octanol–water partition coefficient (Wildman–Crippen LogP) is 4.00. The number of amides is 2. The second kappa shape index (κ2) is 8.91. The quantitative estimate of drug-likeness (QED) is 0.591. The lowest BCUT2D eigenvalue weighted by Gasteiger charge is -2.28. The summed E-state index contributed by atoms with van der Waals surface area (Å²) in [6.45, 7) is 3.74. The number of nitrogens with one attached hydrogen (secondary N) is 1. The average Bonchev–Trinajstić information content (AvgIpc) is 2.81. The van der Waals surface area contributed by atoms with Crippen LogP contribution >= 0.6 is 0 Å². The molecule has 0 spiro atoms. The number of hydrogen-bond donors (Lipinski definition) is 2. The fourth-order valence-corrected chi connectivity index (χ4v) is 3.89. The molecule has 1 heterocycles. The fraction of sp³-hybridized carbons (Fsp3) is 0.308. The van der Waals surface area contributed by atoms with Crippen LogP contribution in [0.1, 0.15) is 42.6 Å². The highest BCUT2D eigenvalue weighted by atomic mass is 16.5. The molecule has 2 atom stereocenters. The first-order valence-electron chi connectivity index (χ1n) is 10.9. The van der Waals surface area contributed by atoms with Crippen LogP contribution in [0.3, 0.4) is 0 Å². The Bertz CT molecular complexity index is 1160. The highest BCUT2D eigenvalue weighted by Gasteiger charge is 2.32. The maximum atomic E-state index is 13.2. The number of fused-ring (bicyclic) bond motifs is 2. The molecule has 1 aliphatic rings. The number of carbonyl (C=O) groups excluding carboxylic acids is 2. The van der Waals surface area contributed by atoms with Crippen LogP contribution in [0.25, 0.3) is 10.8 Å². The summed E-state index contributed by atoms with van der Waals surface area (Å²) in [6.07, 6.45) is 2.01. The third kappa shape index (κ3) is 4.26. The van der Waals surface area contributed by atoms with Gasteiger partial charge in [-0.05, 0) is 49.3 Å². The molecule has 0 saturated heterocycles. The molecule has 2 unspecified atom stereocenters. The van der Waals surface area contributed by atoms with Crippen LogP contribution in [0.4, 0.5) is 0 Å². The summed E-state index contributed by atoms with van der Waals surface area (Å²) in [5, 5.41) is 4.58. The Labute approximate surface area is 187 Å². The molecule has 0 aliphatic carbocycles. The second-order valence-corrected chi connectivity index (χ2v) is 8.36. The summed E-state index contributed by atoms with van der Waals surface area (Å²) in [4.78, 5) is 25.1. The van der Waals surface area contributed by atoms with Gasteiger partial charge in [0.1, 0.15) is 29.7 Å². The van der Waals surface area contributed by atoms with Crippen LogP contribution in [-0.2, 0) is 11.2 Å². The summed E-state index contributed by atoms with van der Waals surface area (Å²) in [6, 6.07) is 19.3. The van der Waals surface area contributed by atoms with Crippen LogP contribution in [0.2, 0.25) is 0 Å². The Kier molecular flexibility index (Phi) is 6.04. The number of ether oxygens (including phenoxy) is 2. The summed E-state index contributed by atoms with van der Waals surface area (Å²) >= 11 is 0. The van der Waals surface area contributed by atoms with Gasteiger partial charge in [0, 0.05) is 5.39 Å². The SMILES string of the molecule is CCC(C)(NC(=O)c1ccc2ccccc2c1OCC1CCc2ccccc2O1)C(N)=O. The van der Waals surface area contributed by atoms with Gasteiger partial charge in [-0.15, -0.1) is 0 Å². The summed E-state index contributed by atoms with van der Waals surface area (Å²) in [5.41, 5.74) is 5.94. The molecule has 3 aromatic carbocycles. The van der Waals surface area contributed by atoms with Crippen LogP contribution in [0.15, 0.2) is 60.7 Å². The molecule has 0 aromatic heterocycles. The van der Waals surface area contributed by atoms with E-state index >= 15 is 0 Å². The molecular weight excluding hydrogens is 404 g/mol. The number of para-hydroxylation sites is 1. The van der Waals surface area contributed by atoms with E-state index in [9.17, 15) is 9.59 Å². The molecule has 0 radical (unpaired) electrons. The molecule has 2 amide bonds. The van der Waals surface area contributed by atoms with E-state index in [4.69, 9.17) is 15.2 Å². The summed E-state index contributed by atoms with van der Waals surface area (Å²) < 4.78 is 12.3. The molecule has 1 aliphatic heterocycles. The summed E-state index contributed by atoms with van der Waals surface area (Å²) in [7, 11) is 0. The third-order valence-corrected chi connectivity index (χ3v) is 6.18. The van der Waals surface area contributed by atoms with E-state index in [0.29, 0.717) is 24.3 Å². The number of benzene rings is 3. The van der Waals surface area contributed by atoms with Crippen LogP contribution in [-0.4, -0.2) is 30.1 Å². The van der Waals surface area contributed by atoms with Crippen molar-refractivity contribution in [3.8, 4) is 11.5 Å². The van der Waals surface area contributed by atoms with Crippen molar-refractivity contribution in [1.29, 1.82) is 0 Å². The maximum absolute atomic E-state index is 13.2. The Morgan fingerprint density at radius 1 is 1.12 bits per heavy atom. The van der Waals surface area contributed by atoms with E-state index in [1.807, 2.05) is 48.5 Å². The van der Waals surface area contributed by atoms with Crippen molar-refractivity contribution < 1.29 is 19.1 Å². The average molecular weight is 433 g/mol. The van der Waals surface area contributed by atoms with Crippen molar-refractivity contribution >= 4 is 22.6 Å². The van der Waals surface area contributed by atoms with Gasteiger partial charge >= 0.3 is 0 Å². The van der Waals surface area contributed by atoms with E-state index in [2.05, 4.69) is 11.4 Å². The van der Waals surface area contributed by atoms with E-state index in [1.54, 1.807) is 19.9 Å². The topological polar surface area (TPSA) is 90.7 Å². The lowest BCUT2D eigenvalue weighted by molar-refractivity contribution is -0.123. The van der Waals surface area contributed by atoms with Crippen molar-refractivity contribution in [2.45, 2.75) is 44.8 Å². The number of hydrogen-bond acceptors (Lipinski definition) is 4. The predicted molar refractivity (Wildman–Crippen MR) is 124 cm³/mol. The van der Waals surface area contributed by atoms with E-state index in [1.165, 1.54) is 5.56 Å². The van der Waals surface area contributed by atoms with Gasteiger partial charge < -0.3 is 20.5 Å². The van der Waals surface area contributed by atoms with Crippen molar-refractivity contribution in [3.63, 3.8) is 0 Å². The Morgan fingerprint density at radius 3 is 2.66 bits per heavy atom. The van der Waals surface area contributed by atoms with Gasteiger partial charge in [-0.1, -0.05) is 55.5 Å². The minimum Gasteiger partial charge on any atom is -0.488 e.